The number of carbonyl (C=O) groups is 2. The molecule has 12 heteroatoms. The molecule has 8 rings (SSSR count). The molecular weight excluding hydrogens is 695 g/mol. The molecule has 0 radical (unpaired) electrons. The summed E-state index contributed by atoms with van der Waals surface area (Å²) in [6.45, 7) is 2.90. The van der Waals surface area contributed by atoms with E-state index in [0.29, 0.717) is 47.4 Å². The molecular formula is C40H40Cl2N8O2. The first-order chi connectivity index (χ1) is 25.2. The minimum atomic E-state index is 0.130. The van der Waals surface area contributed by atoms with E-state index < -0.39 is 0 Å². The lowest BCUT2D eigenvalue weighted by atomic mass is 10.00. The van der Waals surface area contributed by atoms with Crippen LogP contribution >= 0.6 is 23.2 Å². The van der Waals surface area contributed by atoms with Gasteiger partial charge in [0.05, 0.1) is 21.4 Å². The van der Waals surface area contributed by atoms with Gasteiger partial charge in [0.25, 0.3) is 0 Å². The molecule has 6 aromatic rings. The van der Waals surface area contributed by atoms with Crippen LogP contribution < -0.4 is 21.3 Å². The molecule has 10 nitrogen and oxygen atoms in total. The number of fused-ring (bicyclic) bond motifs is 2. The van der Waals surface area contributed by atoms with E-state index in [1.54, 1.807) is 12.4 Å². The highest BCUT2D eigenvalue weighted by molar-refractivity contribution is 6.39. The van der Waals surface area contributed by atoms with Crippen LogP contribution in [0.3, 0.4) is 0 Å². The maximum Gasteiger partial charge on any atom is 0.220 e. The number of aryl methyl sites for hydroxylation is 2. The Morgan fingerprint density at radius 2 is 1.13 bits per heavy atom. The molecule has 2 aliphatic rings. The van der Waals surface area contributed by atoms with Gasteiger partial charge >= 0.3 is 0 Å². The highest BCUT2D eigenvalue weighted by atomic mass is 35.5. The summed E-state index contributed by atoms with van der Waals surface area (Å²) >= 11 is 14.3. The molecule has 266 valence electrons. The Morgan fingerprint density at radius 3 is 1.54 bits per heavy atom. The van der Waals surface area contributed by atoms with Crippen molar-refractivity contribution in [2.45, 2.75) is 50.9 Å². The zero-order chi connectivity index (χ0) is 35.9. The fourth-order valence-electron chi connectivity index (χ4n) is 7.64. The maximum absolute atomic E-state index is 11.6. The zero-order valence-electron chi connectivity index (χ0n) is 29.1. The topological polar surface area (TPSA) is 118 Å². The first kappa shape index (κ1) is 34.4. The third-order valence-corrected chi connectivity index (χ3v) is 11.1. The van der Waals surface area contributed by atoms with Crippen LogP contribution in [-0.2, 0) is 36.8 Å². The number of amides is 2. The number of hydrogen-bond donors (Lipinski definition) is 4. The summed E-state index contributed by atoms with van der Waals surface area (Å²) in [5.74, 6) is 0.259. The lowest BCUT2D eigenvalue weighted by Crippen LogP contribution is -2.35. The fraction of sp³-hybridized carbons (Fsp3) is 0.300. The predicted octanol–water partition coefficient (Wildman–Crippen LogP) is 6.50. The molecule has 2 aliphatic heterocycles. The van der Waals surface area contributed by atoms with Crippen molar-refractivity contribution < 1.29 is 9.59 Å². The van der Waals surface area contributed by atoms with E-state index in [0.717, 1.165) is 70.0 Å². The van der Waals surface area contributed by atoms with E-state index in [2.05, 4.69) is 79.2 Å². The number of hydrogen-bond acceptors (Lipinski definition) is 6. The summed E-state index contributed by atoms with van der Waals surface area (Å²) in [5.41, 5.74) is 9.26. The monoisotopic (exact) mass is 734 g/mol. The zero-order valence-corrected chi connectivity index (χ0v) is 30.6. The van der Waals surface area contributed by atoms with Crippen molar-refractivity contribution in [2.24, 2.45) is 14.1 Å². The third-order valence-electron chi connectivity index (χ3n) is 10.3. The second-order valence-corrected chi connectivity index (χ2v) is 14.7. The largest absolute Gasteiger partial charge is 0.352 e. The van der Waals surface area contributed by atoms with E-state index in [9.17, 15) is 9.59 Å². The van der Waals surface area contributed by atoms with Crippen molar-refractivity contribution in [2.75, 3.05) is 13.1 Å². The second-order valence-electron chi connectivity index (χ2n) is 13.9. The number of pyridine rings is 2. The van der Waals surface area contributed by atoms with E-state index >= 15 is 0 Å². The van der Waals surface area contributed by atoms with Gasteiger partial charge in [-0.2, -0.15) is 0 Å². The Labute approximate surface area is 311 Å². The minimum Gasteiger partial charge on any atom is -0.352 e. The van der Waals surface area contributed by atoms with Crippen LogP contribution in [0.25, 0.3) is 55.4 Å². The lowest BCUT2D eigenvalue weighted by Gasteiger charge is -2.13. The molecule has 0 saturated carbocycles. The average molecular weight is 736 g/mol. The van der Waals surface area contributed by atoms with Gasteiger partial charge in [-0.1, -0.05) is 47.5 Å². The molecule has 2 fully saturated rings. The first-order valence-corrected chi connectivity index (χ1v) is 18.4. The Bertz CT molecular complexity index is 2180. The second kappa shape index (κ2) is 14.4. The van der Waals surface area contributed by atoms with E-state index in [1.165, 1.54) is 11.1 Å². The Hall–Kier alpha value is -4.74. The molecule has 2 saturated heterocycles. The van der Waals surface area contributed by atoms with Gasteiger partial charge in [0.1, 0.15) is 0 Å². The van der Waals surface area contributed by atoms with Crippen molar-refractivity contribution >= 4 is 56.8 Å². The summed E-state index contributed by atoms with van der Waals surface area (Å²) in [7, 11) is 4.08. The van der Waals surface area contributed by atoms with Gasteiger partial charge < -0.3 is 30.4 Å². The third kappa shape index (κ3) is 6.67. The average Bonchev–Trinajstić information content (AvgIpc) is 3.91. The molecule has 6 heterocycles. The van der Waals surface area contributed by atoms with Crippen molar-refractivity contribution in [3.05, 3.63) is 94.5 Å². The SMILES string of the molecule is Cn1cc(CNC[C@H]2CCC(=O)N2)c2ccc(-c3nccc(-c4ccnc(-c5ccc6c(CNC[C@H]7CCC(=O)N7)cn(C)c6c5)c4Cl)c3Cl)cc21. The quantitative estimate of drug-likeness (QED) is 0.121. The fourth-order valence-corrected chi connectivity index (χ4v) is 8.29. The number of benzene rings is 2. The summed E-state index contributed by atoms with van der Waals surface area (Å²) in [5, 5.41) is 16.4. The van der Waals surface area contributed by atoms with Crippen LogP contribution in [0.15, 0.2) is 73.3 Å². The number of rotatable bonds is 11. The highest BCUT2D eigenvalue weighted by Crippen LogP contribution is 2.42. The smallest absolute Gasteiger partial charge is 0.220 e. The molecule has 2 atom stereocenters. The minimum absolute atomic E-state index is 0.130. The number of nitrogens with one attached hydrogen (secondary N) is 4. The lowest BCUT2D eigenvalue weighted by molar-refractivity contribution is -0.120. The summed E-state index contributed by atoms with van der Waals surface area (Å²) in [6, 6.07) is 16.8. The van der Waals surface area contributed by atoms with E-state index in [-0.39, 0.29) is 23.9 Å². The molecule has 52 heavy (non-hydrogen) atoms. The Balaban J connectivity index is 1.03. The van der Waals surface area contributed by atoms with Gasteiger partial charge in [0, 0.05) is 134 Å². The standard InChI is InChI=1S/C40H40Cl2N8O2/c1-49-21-25(17-43-19-27-5-9-35(51)47-27)29-7-3-23(15-33(29)49)39-37(41)31(11-13-45-39)32-12-14-46-40(38(32)42)24-4-8-30-26(22-50(2)34(30)16-24)18-44-20-28-6-10-36(52)48-28/h3-4,7-8,11-16,21-22,27-28,43-44H,5-6,9-10,17-20H2,1-2H3,(H,47,51)(H,48,52)/t27-,28-/m1/s1. The molecule has 2 aromatic carbocycles. The van der Waals surface area contributed by atoms with Crippen LogP contribution in [0.5, 0.6) is 0 Å². The van der Waals surface area contributed by atoms with Gasteiger partial charge in [0.15, 0.2) is 0 Å². The maximum atomic E-state index is 11.6. The molecule has 0 spiro atoms. The van der Waals surface area contributed by atoms with Crippen LogP contribution in [0, 0.1) is 0 Å². The van der Waals surface area contributed by atoms with E-state index in [4.69, 9.17) is 33.2 Å². The van der Waals surface area contributed by atoms with E-state index in [1.807, 2.05) is 26.2 Å². The number of carbonyl (C=O) groups excluding carboxylic acids is 2. The molecule has 4 N–H and O–H groups in total. The molecule has 2 amide bonds. The number of aromatic nitrogens is 4. The summed E-state index contributed by atoms with van der Waals surface area (Å²) < 4.78 is 4.24. The van der Waals surface area contributed by atoms with Crippen molar-refractivity contribution in [1.29, 1.82) is 0 Å². The number of halogens is 2. The van der Waals surface area contributed by atoms with Crippen molar-refractivity contribution in [3.63, 3.8) is 0 Å². The van der Waals surface area contributed by atoms with Crippen LogP contribution in [-0.4, -0.2) is 56.1 Å². The molecule has 0 bridgehead atoms. The van der Waals surface area contributed by atoms with Crippen LogP contribution in [0.4, 0.5) is 0 Å². The van der Waals surface area contributed by atoms with Gasteiger partial charge in [-0.3, -0.25) is 19.6 Å². The normalized spacial score (nSPS) is 17.4. The summed E-state index contributed by atoms with van der Waals surface area (Å²) in [6.07, 6.45) is 10.8. The first-order valence-electron chi connectivity index (χ1n) is 17.7. The molecule has 4 aromatic heterocycles. The predicted molar refractivity (Wildman–Crippen MR) is 207 cm³/mol. The summed E-state index contributed by atoms with van der Waals surface area (Å²) in [4.78, 5) is 32.5. The Morgan fingerprint density at radius 1 is 0.692 bits per heavy atom. The van der Waals surface area contributed by atoms with Gasteiger partial charge in [-0.15, -0.1) is 0 Å². The van der Waals surface area contributed by atoms with Gasteiger partial charge in [-0.05, 0) is 48.2 Å². The van der Waals surface area contributed by atoms with Crippen molar-refractivity contribution in [1.82, 2.24) is 40.4 Å². The van der Waals surface area contributed by atoms with Gasteiger partial charge in [-0.25, -0.2) is 0 Å². The highest BCUT2D eigenvalue weighted by Gasteiger charge is 2.22. The Kier molecular flexibility index (Phi) is 9.48. The van der Waals surface area contributed by atoms with Crippen LogP contribution in [0.2, 0.25) is 10.0 Å². The van der Waals surface area contributed by atoms with Crippen molar-refractivity contribution in [3.8, 4) is 33.6 Å². The van der Waals surface area contributed by atoms with Gasteiger partial charge in [0.2, 0.25) is 11.8 Å². The molecule has 0 aliphatic carbocycles. The molecule has 0 unspecified atom stereocenters. The number of nitrogens with zero attached hydrogens (tertiary/aromatic N) is 4. The van der Waals surface area contributed by atoms with Crippen LogP contribution in [0.1, 0.15) is 36.8 Å².